The first kappa shape index (κ1) is 23.8. The van der Waals surface area contributed by atoms with Crippen LogP contribution in [0, 0.1) is 11.6 Å². The lowest BCUT2D eigenvalue weighted by Crippen LogP contribution is -2.51. The normalized spacial score (nSPS) is 21.8. The Morgan fingerprint density at radius 3 is 2.48 bits per heavy atom. The van der Waals surface area contributed by atoms with Crippen LogP contribution in [0.15, 0.2) is 42.5 Å². The van der Waals surface area contributed by atoms with Gasteiger partial charge < -0.3 is 14.8 Å². The lowest BCUT2D eigenvalue weighted by molar-refractivity contribution is -0.124. The smallest absolute Gasteiger partial charge is 0.220 e. The van der Waals surface area contributed by atoms with Crippen LogP contribution >= 0.6 is 0 Å². The summed E-state index contributed by atoms with van der Waals surface area (Å²) in [6, 6.07) is 11.8. The van der Waals surface area contributed by atoms with Gasteiger partial charge in [-0.15, -0.1) is 0 Å². The summed E-state index contributed by atoms with van der Waals surface area (Å²) in [5.41, 5.74) is 2.74. The second-order valence-electron chi connectivity index (χ2n) is 8.98. The van der Waals surface area contributed by atoms with Gasteiger partial charge in [0.15, 0.2) is 0 Å². The van der Waals surface area contributed by atoms with Crippen LogP contribution in [0.5, 0.6) is 0 Å². The van der Waals surface area contributed by atoms with Crippen molar-refractivity contribution in [2.24, 2.45) is 0 Å². The molecule has 1 saturated heterocycles. The van der Waals surface area contributed by atoms with E-state index >= 15 is 0 Å². The number of amides is 1. The molecule has 7 heteroatoms. The molecule has 1 aliphatic heterocycles. The molecule has 0 aromatic heterocycles. The summed E-state index contributed by atoms with van der Waals surface area (Å²) in [5, 5.41) is 3.20. The minimum absolute atomic E-state index is 0.00207. The zero-order valence-corrected chi connectivity index (χ0v) is 19.3. The van der Waals surface area contributed by atoms with Crippen LogP contribution in [0.2, 0.25) is 0 Å². The van der Waals surface area contributed by atoms with Crippen LogP contribution in [0.1, 0.15) is 48.9 Å². The van der Waals surface area contributed by atoms with Crippen molar-refractivity contribution in [3.63, 3.8) is 0 Å². The van der Waals surface area contributed by atoms with Gasteiger partial charge in [0.25, 0.3) is 0 Å². The average Bonchev–Trinajstić information content (AvgIpc) is 3.04. The van der Waals surface area contributed by atoms with E-state index in [1.807, 2.05) is 19.1 Å². The molecular weight excluding hydrogens is 426 g/mol. The zero-order chi connectivity index (χ0) is 23.4. The predicted molar refractivity (Wildman–Crippen MR) is 122 cm³/mol. The number of fused-ring (bicyclic) bond motifs is 2. The molecule has 0 radical (unpaired) electrons. The average molecular weight is 459 g/mol. The summed E-state index contributed by atoms with van der Waals surface area (Å²) >= 11 is 0. The van der Waals surface area contributed by atoms with Crippen molar-refractivity contribution in [2.45, 2.75) is 50.3 Å². The predicted octanol–water partition coefficient (Wildman–Crippen LogP) is 4.11. The van der Waals surface area contributed by atoms with Gasteiger partial charge in [-0.3, -0.25) is 9.69 Å². The Kier molecular flexibility index (Phi) is 7.41. The Morgan fingerprint density at radius 2 is 1.82 bits per heavy atom. The van der Waals surface area contributed by atoms with E-state index in [0.717, 1.165) is 37.6 Å². The maximum Gasteiger partial charge on any atom is 0.220 e. The van der Waals surface area contributed by atoms with E-state index in [9.17, 15) is 13.6 Å². The van der Waals surface area contributed by atoms with E-state index < -0.39 is 11.6 Å². The number of nitrogens with zero attached hydrogens (tertiary/aromatic N) is 1. The van der Waals surface area contributed by atoms with Gasteiger partial charge in [0.05, 0.1) is 25.4 Å². The van der Waals surface area contributed by atoms with E-state index in [2.05, 4.69) is 22.3 Å². The number of carbonyl (C=O) groups is 1. The largest absolute Gasteiger partial charge is 0.382 e. The van der Waals surface area contributed by atoms with Crippen molar-refractivity contribution in [3.8, 4) is 0 Å². The van der Waals surface area contributed by atoms with Gasteiger partial charge in [0.2, 0.25) is 5.91 Å². The van der Waals surface area contributed by atoms with E-state index in [0.29, 0.717) is 31.7 Å². The fourth-order valence-corrected chi connectivity index (χ4v) is 5.42. The number of piperidine rings is 1. The molecule has 178 valence electrons. The number of rotatable bonds is 8. The van der Waals surface area contributed by atoms with Crippen LogP contribution < -0.4 is 5.32 Å². The van der Waals surface area contributed by atoms with Crippen LogP contribution in [-0.2, 0) is 26.2 Å². The van der Waals surface area contributed by atoms with E-state index in [4.69, 9.17) is 9.47 Å². The monoisotopic (exact) mass is 458 g/mol. The number of carbonyl (C=O) groups excluding carboxylic acids is 1. The first-order chi connectivity index (χ1) is 16.0. The zero-order valence-electron chi connectivity index (χ0n) is 19.3. The molecular formula is C26H32F2N2O3. The number of hydrogen-bond acceptors (Lipinski definition) is 4. The molecule has 0 bridgehead atoms. The summed E-state index contributed by atoms with van der Waals surface area (Å²) in [7, 11) is 1.65. The number of methoxy groups -OCH3 is 1. The summed E-state index contributed by atoms with van der Waals surface area (Å²) < 4.78 is 38.9. The maximum atomic E-state index is 13.6. The third-order valence-corrected chi connectivity index (χ3v) is 6.98. The molecule has 2 aromatic carbocycles. The van der Waals surface area contributed by atoms with E-state index in [1.54, 1.807) is 7.11 Å². The first-order valence-electron chi connectivity index (χ1n) is 11.6. The molecule has 5 nitrogen and oxygen atoms in total. The maximum absolute atomic E-state index is 13.6. The van der Waals surface area contributed by atoms with E-state index in [-0.39, 0.29) is 23.5 Å². The van der Waals surface area contributed by atoms with Gasteiger partial charge in [0.1, 0.15) is 11.6 Å². The van der Waals surface area contributed by atoms with Crippen molar-refractivity contribution in [2.75, 3.05) is 33.4 Å². The molecule has 2 atom stereocenters. The summed E-state index contributed by atoms with van der Waals surface area (Å²) in [6.07, 6.45) is 1.87. The molecule has 2 aromatic rings. The molecule has 33 heavy (non-hydrogen) atoms. The van der Waals surface area contributed by atoms with Gasteiger partial charge in [0, 0.05) is 31.6 Å². The Balaban J connectivity index is 1.58. The van der Waals surface area contributed by atoms with Crippen molar-refractivity contribution >= 4 is 5.91 Å². The highest BCUT2D eigenvalue weighted by atomic mass is 19.1. The molecule has 0 saturated carbocycles. The summed E-state index contributed by atoms with van der Waals surface area (Å²) in [4.78, 5) is 14.6. The second kappa shape index (κ2) is 10.3. The molecule has 1 amide bonds. The number of ether oxygens (including phenoxy) is 2. The van der Waals surface area contributed by atoms with Gasteiger partial charge >= 0.3 is 0 Å². The van der Waals surface area contributed by atoms with Crippen LogP contribution in [0.25, 0.3) is 0 Å². The molecule has 2 aliphatic rings. The molecule has 1 heterocycles. The van der Waals surface area contributed by atoms with Crippen LogP contribution in [0.3, 0.4) is 0 Å². The number of benzene rings is 2. The first-order valence-corrected chi connectivity index (χ1v) is 11.6. The van der Waals surface area contributed by atoms with Gasteiger partial charge in [-0.1, -0.05) is 31.2 Å². The fraction of sp³-hybridized carbons (Fsp3) is 0.500. The second-order valence-corrected chi connectivity index (χ2v) is 8.98. The number of hydrogen-bond donors (Lipinski definition) is 1. The highest BCUT2D eigenvalue weighted by molar-refractivity contribution is 5.76. The molecule has 4 rings (SSSR count). The summed E-state index contributed by atoms with van der Waals surface area (Å²) in [5.74, 6) is -1.11. The van der Waals surface area contributed by atoms with Crippen LogP contribution in [-0.4, -0.2) is 50.3 Å². The molecule has 0 unspecified atom stereocenters. The van der Waals surface area contributed by atoms with Crippen LogP contribution in [0.4, 0.5) is 8.78 Å². The minimum atomic E-state index is -0.552. The van der Waals surface area contributed by atoms with Gasteiger partial charge in [-0.25, -0.2) is 8.78 Å². The molecule has 1 spiro atoms. The van der Waals surface area contributed by atoms with Gasteiger partial charge in [-0.2, -0.15) is 0 Å². The van der Waals surface area contributed by atoms with Crippen molar-refractivity contribution in [1.29, 1.82) is 0 Å². The highest BCUT2D eigenvalue weighted by Gasteiger charge is 2.54. The fourth-order valence-electron chi connectivity index (χ4n) is 5.42. The standard InChI is InChI=1S/C26H32F2N2O3/c1-3-23(31)29-24-21-6-4-5-7-22(21)26(25(24)33-13-12-32-2)8-10-30(11-9-26)17-18-14-19(27)16-20(28)15-18/h4-7,14-16,24-25H,3,8-13,17H2,1-2H3,(H,29,31)/t24-,25+/m0/s1. The molecule has 1 aliphatic carbocycles. The van der Waals surface area contributed by atoms with Crippen molar-refractivity contribution in [3.05, 3.63) is 70.8 Å². The topological polar surface area (TPSA) is 50.8 Å². The van der Waals surface area contributed by atoms with Crippen molar-refractivity contribution in [1.82, 2.24) is 10.2 Å². The minimum Gasteiger partial charge on any atom is -0.382 e. The number of halogens is 2. The Morgan fingerprint density at radius 1 is 1.12 bits per heavy atom. The lowest BCUT2D eigenvalue weighted by atomic mass is 9.71. The Hall–Kier alpha value is -2.35. The number of likely N-dealkylation sites (tertiary alicyclic amines) is 1. The van der Waals surface area contributed by atoms with Gasteiger partial charge in [-0.05, 0) is 54.8 Å². The SMILES string of the molecule is CCC(=O)N[C@H]1c2ccccc2C2(CCN(Cc3cc(F)cc(F)c3)CC2)[C@@H]1OCCOC. The third kappa shape index (κ3) is 4.95. The summed E-state index contributed by atoms with van der Waals surface area (Å²) in [6.45, 7) is 4.81. The van der Waals surface area contributed by atoms with E-state index in [1.165, 1.54) is 17.7 Å². The molecule has 1 fully saturated rings. The lowest BCUT2D eigenvalue weighted by Gasteiger charge is -2.44. The third-order valence-electron chi connectivity index (χ3n) is 6.98. The number of nitrogens with one attached hydrogen (secondary N) is 1. The Labute approximate surface area is 194 Å². The Bertz CT molecular complexity index is 956. The van der Waals surface area contributed by atoms with Crippen molar-refractivity contribution < 1.29 is 23.0 Å². The quantitative estimate of drug-likeness (QED) is 0.605. The molecule has 1 N–H and O–H groups in total. The highest BCUT2D eigenvalue weighted by Crippen LogP contribution is 2.52.